The maximum atomic E-state index is 14.6. The Kier molecular flexibility index (Phi) is 5.31. The molecule has 0 heterocycles. The Balaban J connectivity index is 1.98. The normalized spacial score (nSPS) is 12.0. The van der Waals surface area contributed by atoms with Gasteiger partial charge >= 0.3 is 6.18 Å². The molecular formula is C22H14F6. The first-order chi connectivity index (χ1) is 13.1. The van der Waals surface area contributed by atoms with E-state index in [-0.39, 0.29) is 17.2 Å². The molecule has 0 aliphatic rings. The zero-order valence-electron chi connectivity index (χ0n) is 14.6. The first-order valence-corrected chi connectivity index (χ1v) is 8.26. The molecule has 0 saturated heterocycles. The molecule has 3 aromatic carbocycles. The molecular weight excluding hydrogens is 378 g/mol. The molecule has 28 heavy (non-hydrogen) atoms. The van der Waals surface area contributed by atoms with Crippen LogP contribution in [-0.2, 0) is 0 Å². The SMILES string of the molecule is Cc1ccc(-c2ccc(-c3cc(F)c(/C=C/C(F)(F)F)c(F)c3)c(F)c2)cc1. The summed E-state index contributed by atoms with van der Waals surface area (Å²) in [6.45, 7) is 1.92. The Bertz CT molecular complexity index is 1010. The van der Waals surface area contributed by atoms with Crippen LogP contribution >= 0.6 is 0 Å². The quantitative estimate of drug-likeness (QED) is 0.410. The van der Waals surface area contributed by atoms with Crippen LogP contribution in [0.1, 0.15) is 11.1 Å². The third kappa shape index (κ3) is 4.44. The number of rotatable bonds is 3. The Hall–Kier alpha value is -3.02. The van der Waals surface area contributed by atoms with E-state index in [9.17, 15) is 26.3 Å². The molecule has 0 unspecified atom stereocenters. The smallest absolute Gasteiger partial charge is 0.206 e. The van der Waals surface area contributed by atoms with E-state index in [0.29, 0.717) is 11.6 Å². The van der Waals surface area contributed by atoms with E-state index < -0.39 is 29.2 Å². The van der Waals surface area contributed by atoms with E-state index in [4.69, 9.17) is 0 Å². The lowest BCUT2D eigenvalue weighted by Gasteiger charge is -2.09. The Labute approximate surface area is 157 Å². The predicted octanol–water partition coefficient (Wildman–Crippen LogP) is 7.32. The lowest BCUT2D eigenvalue weighted by Crippen LogP contribution is -2.01. The van der Waals surface area contributed by atoms with E-state index in [1.807, 2.05) is 31.2 Å². The maximum absolute atomic E-state index is 14.6. The maximum Gasteiger partial charge on any atom is 0.409 e. The van der Waals surface area contributed by atoms with Crippen molar-refractivity contribution in [3.8, 4) is 22.3 Å². The number of benzene rings is 3. The molecule has 0 aliphatic heterocycles. The van der Waals surface area contributed by atoms with Crippen LogP contribution in [0.25, 0.3) is 28.3 Å². The van der Waals surface area contributed by atoms with Gasteiger partial charge in [0, 0.05) is 17.2 Å². The van der Waals surface area contributed by atoms with Crippen molar-refractivity contribution < 1.29 is 26.3 Å². The molecule has 0 fully saturated rings. The summed E-state index contributed by atoms with van der Waals surface area (Å²) in [6, 6.07) is 13.2. The van der Waals surface area contributed by atoms with E-state index in [0.717, 1.165) is 23.3 Å². The number of aryl methyl sites for hydroxylation is 1. The highest BCUT2D eigenvalue weighted by atomic mass is 19.4. The van der Waals surface area contributed by atoms with E-state index >= 15 is 0 Å². The fourth-order valence-electron chi connectivity index (χ4n) is 2.75. The minimum atomic E-state index is -4.70. The van der Waals surface area contributed by atoms with Crippen molar-refractivity contribution >= 4 is 6.08 Å². The van der Waals surface area contributed by atoms with Crippen LogP contribution in [0.4, 0.5) is 26.3 Å². The van der Waals surface area contributed by atoms with Crippen molar-refractivity contribution in [3.05, 3.63) is 89.3 Å². The Morgan fingerprint density at radius 3 is 1.75 bits per heavy atom. The van der Waals surface area contributed by atoms with E-state index in [2.05, 4.69) is 0 Å². The third-order valence-electron chi connectivity index (χ3n) is 4.18. The van der Waals surface area contributed by atoms with Gasteiger partial charge in [-0.3, -0.25) is 0 Å². The van der Waals surface area contributed by atoms with Crippen LogP contribution < -0.4 is 0 Å². The topological polar surface area (TPSA) is 0 Å². The molecule has 0 aromatic heterocycles. The van der Waals surface area contributed by atoms with Crippen molar-refractivity contribution in [3.63, 3.8) is 0 Å². The highest BCUT2D eigenvalue weighted by Gasteiger charge is 2.23. The van der Waals surface area contributed by atoms with Crippen LogP contribution in [-0.4, -0.2) is 6.18 Å². The van der Waals surface area contributed by atoms with Crippen LogP contribution in [0.15, 0.2) is 60.7 Å². The van der Waals surface area contributed by atoms with Gasteiger partial charge in [0.1, 0.15) is 17.5 Å². The van der Waals surface area contributed by atoms with Gasteiger partial charge in [0.15, 0.2) is 0 Å². The van der Waals surface area contributed by atoms with Crippen molar-refractivity contribution in [2.45, 2.75) is 13.1 Å². The zero-order valence-corrected chi connectivity index (χ0v) is 14.6. The average Bonchev–Trinajstić information content (AvgIpc) is 2.60. The lowest BCUT2D eigenvalue weighted by molar-refractivity contribution is -0.0790. The van der Waals surface area contributed by atoms with Crippen molar-refractivity contribution in [1.29, 1.82) is 0 Å². The minimum absolute atomic E-state index is 0.0555. The number of alkyl halides is 3. The van der Waals surface area contributed by atoms with Crippen molar-refractivity contribution in [2.75, 3.05) is 0 Å². The van der Waals surface area contributed by atoms with Gasteiger partial charge in [0.2, 0.25) is 0 Å². The van der Waals surface area contributed by atoms with Crippen LogP contribution in [0.5, 0.6) is 0 Å². The second-order valence-corrected chi connectivity index (χ2v) is 6.29. The molecule has 3 rings (SSSR count). The monoisotopic (exact) mass is 392 g/mol. The van der Waals surface area contributed by atoms with Crippen LogP contribution in [0.2, 0.25) is 0 Å². The zero-order chi connectivity index (χ0) is 20.5. The molecule has 0 aliphatic carbocycles. The Morgan fingerprint density at radius 1 is 0.679 bits per heavy atom. The minimum Gasteiger partial charge on any atom is -0.206 e. The molecule has 144 valence electrons. The van der Waals surface area contributed by atoms with Gasteiger partial charge in [-0.2, -0.15) is 13.2 Å². The van der Waals surface area contributed by atoms with Crippen LogP contribution in [0.3, 0.4) is 0 Å². The number of hydrogen-bond acceptors (Lipinski definition) is 0. The van der Waals surface area contributed by atoms with Gasteiger partial charge in [-0.25, -0.2) is 13.2 Å². The van der Waals surface area contributed by atoms with Gasteiger partial charge in [-0.05, 0) is 47.9 Å². The largest absolute Gasteiger partial charge is 0.409 e. The third-order valence-corrected chi connectivity index (χ3v) is 4.18. The average molecular weight is 392 g/mol. The Morgan fingerprint density at radius 2 is 1.21 bits per heavy atom. The fraction of sp³-hybridized carbons (Fsp3) is 0.0909. The molecule has 0 spiro atoms. The molecule has 0 saturated carbocycles. The summed E-state index contributed by atoms with van der Waals surface area (Å²) in [5.41, 5.74) is 1.42. The summed E-state index contributed by atoms with van der Waals surface area (Å²) in [7, 11) is 0. The lowest BCUT2D eigenvalue weighted by atomic mass is 9.98. The van der Waals surface area contributed by atoms with Gasteiger partial charge in [-0.15, -0.1) is 0 Å². The first-order valence-electron chi connectivity index (χ1n) is 8.26. The molecule has 0 amide bonds. The molecule has 0 radical (unpaired) electrons. The molecule has 0 atom stereocenters. The highest BCUT2D eigenvalue weighted by molar-refractivity contribution is 5.72. The van der Waals surface area contributed by atoms with Gasteiger partial charge < -0.3 is 0 Å². The molecule has 3 aromatic rings. The molecule has 0 N–H and O–H groups in total. The second-order valence-electron chi connectivity index (χ2n) is 6.29. The summed E-state index contributed by atoms with van der Waals surface area (Å²) in [6.07, 6.45) is -4.65. The molecule has 0 bridgehead atoms. The summed E-state index contributed by atoms with van der Waals surface area (Å²) < 4.78 is 79.4. The predicted molar refractivity (Wildman–Crippen MR) is 97.0 cm³/mol. The van der Waals surface area contributed by atoms with Gasteiger partial charge in [0.05, 0.1) is 0 Å². The van der Waals surface area contributed by atoms with Crippen molar-refractivity contribution in [2.24, 2.45) is 0 Å². The molecule has 0 nitrogen and oxygen atoms in total. The van der Waals surface area contributed by atoms with E-state index in [1.165, 1.54) is 12.1 Å². The van der Waals surface area contributed by atoms with E-state index in [1.54, 1.807) is 6.07 Å². The van der Waals surface area contributed by atoms with Crippen LogP contribution in [0, 0.1) is 24.4 Å². The van der Waals surface area contributed by atoms with Crippen molar-refractivity contribution in [1.82, 2.24) is 0 Å². The first kappa shape index (κ1) is 19.7. The number of halogens is 6. The molecule has 6 heteroatoms. The summed E-state index contributed by atoms with van der Waals surface area (Å²) >= 11 is 0. The van der Waals surface area contributed by atoms with Gasteiger partial charge in [0.25, 0.3) is 0 Å². The summed E-state index contributed by atoms with van der Waals surface area (Å²) in [4.78, 5) is 0. The number of hydrogen-bond donors (Lipinski definition) is 0. The van der Waals surface area contributed by atoms with Gasteiger partial charge in [-0.1, -0.05) is 42.0 Å². The summed E-state index contributed by atoms with van der Waals surface area (Å²) in [5.74, 6) is -3.12. The number of allylic oxidation sites excluding steroid dienone is 1. The summed E-state index contributed by atoms with van der Waals surface area (Å²) in [5, 5.41) is 0. The highest BCUT2D eigenvalue weighted by Crippen LogP contribution is 2.31. The fourth-order valence-corrected chi connectivity index (χ4v) is 2.75. The second kappa shape index (κ2) is 7.54. The standard InChI is InChI=1S/C22H14F6/c1-13-2-4-14(5-3-13)15-6-7-17(19(23)10-15)16-11-20(24)18(21(25)12-16)8-9-22(26,27)28/h2-12H,1H3/b9-8+.